The highest BCUT2D eigenvalue weighted by Crippen LogP contribution is 2.16. The highest BCUT2D eigenvalue weighted by atomic mass is 32.1. The van der Waals surface area contributed by atoms with Crippen molar-refractivity contribution >= 4 is 23.4 Å². The summed E-state index contributed by atoms with van der Waals surface area (Å²) in [6.45, 7) is 1.86. The number of aliphatic carboxylic acids is 1. The number of aromatic nitrogens is 2. The number of carboxylic acids is 1. The van der Waals surface area contributed by atoms with Crippen LogP contribution in [0.4, 0.5) is 0 Å². The minimum Gasteiger partial charge on any atom is -0.479 e. The van der Waals surface area contributed by atoms with Gasteiger partial charge in [0.05, 0.1) is 5.69 Å². The first-order chi connectivity index (χ1) is 9.63. The summed E-state index contributed by atoms with van der Waals surface area (Å²) in [5.74, 6) is -1.58. The van der Waals surface area contributed by atoms with Crippen LogP contribution < -0.4 is 5.32 Å². The van der Waals surface area contributed by atoms with E-state index in [4.69, 9.17) is 0 Å². The van der Waals surface area contributed by atoms with Gasteiger partial charge < -0.3 is 10.4 Å². The number of nitrogens with one attached hydrogen (secondary N) is 1. The molecule has 0 aliphatic rings. The second kappa shape index (κ2) is 6.25. The van der Waals surface area contributed by atoms with Crippen LogP contribution in [0.15, 0.2) is 30.3 Å². The van der Waals surface area contributed by atoms with Crippen molar-refractivity contribution in [2.75, 3.05) is 0 Å². The van der Waals surface area contributed by atoms with Crippen LogP contribution in [0.25, 0.3) is 0 Å². The second-order valence-electron chi connectivity index (χ2n) is 4.06. The molecule has 0 saturated carbocycles. The summed E-state index contributed by atoms with van der Waals surface area (Å²) < 4.78 is 3.72. The van der Waals surface area contributed by atoms with Crippen LogP contribution in [0.3, 0.4) is 0 Å². The van der Waals surface area contributed by atoms with Crippen LogP contribution in [0.2, 0.25) is 0 Å². The van der Waals surface area contributed by atoms with E-state index in [1.165, 1.54) is 0 Å². The Hall–Kier alpha value is -2.28. The van der Waals surface area contributed by atoms with E-state index in [2.05, 4.69) is 14.9 Å². The number of nitrogens with zero attached hydrogens (tertiary/aromatic N) is 2. The fourth-order valence-corrected chi connectivity index (χ4v) is 2.40. The van der Waals surface area contributed by atoms with Crippen LogP contribution in [0.1, 0.15) is 33.9 Å². The molecule has 0 spiro atoms. The van der Waals surface area contributed by atoms with E-state index >= 15 is 0 Å². The van der Waals surface area contributed by atoms with E-state index in [1.54, 1.807) is 30.3 Å². The molecule has 0 bridgehead atoms. The standard InChI is InChI=1S/C13H13N3O3S/c1-2-9-11(20-16-15-9)12(17)14-10(13(18)19)8-6-4-3-5-7-8/h3-7,10H,2H2,1H3,(H,14,17)(H,18,19). The molecule has 6 nitrogen and oxygen atoms in total. The van der Waals surface area contributed by atoms with Gasteiger partial charge in [-0.05, 0) is 23.5 Å². The second-order valence-corrected chi connectivity index (χ2v) is 4.81. The summed E-state index contributed by atoms with van der Waals surface area (Å²) in [5, 5.41) is 15.6. The van der Waals surface area contributed by atoms with Gasteiger partial charge in [0.25, 0.3) is 5.91 Å². The number of carboxylic acid groups (broad SMARTS) is 1. The van der Waals surface area contributed by atoms with Gasteiger partial charge in [0.15, 0.2) is 6.04 Å². The summed E-state index contributed by atoms with van der Waals surface area (Å²) in [5.41, 5.74) is 1.09. The molecule has 0 aliphatic carbocycles. The molecule has 0 saturated heterocycles. The molecular formula is C13H13N3O3S. The Kier molecular flexibility index (Phi) is 4.41. The lowest BCUT2D eigenvalue weighted by atomic mass is 10.1. The summed E-state index contributed by atoms with van der Waals surface area (Å²) in [6.07, 6.45) is 0.572. The molecule has 2 N–H and O–H groups in total. The van der Waals surface area contributed by atoms with E-state index in [0.717, 1.165) is 11.5 Å². The molecule has 0 radical (unpaired) electrons. The minimum absolute atomic E-state index is 0.356. The maximum absolute atomic E-state index is 12.1. The first-order valence-corrected chi connectivity index (χ1v) is 6.80. The van der Waals surface area contributed by atoms with Gasteiger partial charge in [0, 0.05) is 0 Å². The van der Waals surface area contributed by atoms with Gasteiger partial charge in [-0.15, -0.1) is 5.10 Å². The third kappa shape index (κ3) is 3.00. The highest BCUT2D eigenvalue weighted by Gasteiger charge is 2.24. The average molecular weight is 291 g/mol. The Morgan fingerprint density at radius 3 is 2.65 bits per heavy atom. The Morgan fingerprint density at radius 1 is 1.35 bits per heavy atom. The third-order valence-electron chi connectivity index (χ3n) is 2.75. The fraction of sp³-hybridized carbons (Fsp3) is 0.231. The highest BCUT2D eigenvalue weighted by molar-refractivity contribution is 7.08. The van der Waals surface area contributed by atoms with E-state index in [-0.39, 0.29) is 0 Å². The number of aryl methyl sites for hydroxylation is 1. The number of carbonyl (C=O) groups excluding carboxylic acids is 1. The molecule has 104 valence electrons. The zero-order valence-corrected chi connectivity index (χ0v) is 11.6. The third-order valence-corrected chi connectivity index (χ3v) is 3.52. The first kappa shape index (κ1) is 14.1. The van der Waals surface area contributed by atoms with E-state index in [0.29, 0.717) is 22.6 Å². The largest absolute Gasteiger partial charge is 0.479 e. The molecule has 1 amide bonds. The van der Waals surface area contributed by atoms with Crippen molar-refractivity contribution in [1.82, 2.24) is 14.9 Å². The lowest BCUT2D eigenvalue weighted by molar-refractivity contribution is -0.139. The number of hydrogen-bond acceptors (Lipinski definition) is 5. The maximum Gasteiger partial charge on any atom is 0.330 e. The molecule has 20 heavy (non-hydrogen) atoms. The molecule has 7 heteroatoms. The molecule has 0 fully saturated rings. The van der Waals surface area contributed by atoms with E-state index in [9.17, 15) is 14.7 Å². The van der Waals surface area contributed by atoms with Crippen molar-refractivity contribution < 1.29 is 14.7 Å². The number of benzene rings is 1. The summed E-state index contributed by atoms with van der Waals surface area (Å²) in [6, 6.07) is 7.46. The molecule has 0 aliphatic heterocycles. The van der Waals surface area contributed by atoms with Crippen LogP contribution >= 0.6 is 11.5 Å². The Bertz CT molecular complexity index is 612. The Balaban J connectivity index is 2.21. The van der Waals surface area contributed by atoms with Crippen molar-refractivity contribution in [3.05, 3.63) is 46.5 Å². The van der Waals surface area contributed by atoms with Crippen molar-refractivity contribution in [3.8, 4) is 0 Å². The van der Waals surface area contributed by atoms with Gasteiger partial charge >= 0.3 is 5.97 Å². The van der Waals surface area contributed by atoms with E-state index in [1.807, 2.05) is 6.92 Å². The molecule has 1 atom stereocenters. The normalized spacial score (nSPS) is 11.8. The molecule has 1 heterocycles. The SMILES string of the molecule is CCc1nnsc1C(=O)NC(C(=O)O)c1ccccc1. The van der Waals surface area contributed by atoms with Crippen LogP contribution in [-0.2, 0) is 11.2 Å². The molecule has 1 unspecified atom stereocenters. The van der Waals surface area contributed by atoms with Crippen molar-refractivity contribution in [2.45, 2.75) is 19.4 Å². The zero-order valence-electron chi connectivity index (χ0n) is 10.7. The summed E-state index contributed by atoms with van der Waals surface area (Å²) in [4.78, 5) is 23.8. The molecule has 1 aromatic carbocycles. The summed E-state index contributed by atoms with van der Waals surface area (Å²) in [7, 11) is 0. The smallest absolute Gasteiger partial charge is 0.330 e. The van der Waals surface area contributed by atoms with Crippen molar-refractivity contribution in [1.29, 1.82) is 0 Å². The van der Waals surface area contributed by atoms with Crippen LogP contribution in [0.5, 0.6) is 0 Å². The predicted octanol–water partition coefficient (Wildman–Crippen LogP) is 1.66. The average Bonchev–Trinajstić information content (AvgIpc) is 2.93. The maximum atomic E-state index is 12.1. The zero-order chi connectivity index (χ0) is 14.5. The first-order valence-electron chi connectivity index (χ1n) is 6.03. The van der Waals surface area contributed by atoms with Gasteiger partial charge in [-0.2, -0.15) is 0 Å². The molecule has 1 aromatic heterocycles. The van der Waals surface area contributed by atoms with Crippen LogP contribution in [-0.4, -0.2) is 26.6 Å². The number of rotatable bonds is 5. The fourth-order valence-electron chi connectivity index (χ4n) is 1.74. The van der Waals surface area contributed by atoms with Gasteiger partial charge in [0.2, 0.25) is 0 Å². The van der Waals surface area contributed by atoms with Gasteiger partial charge in [0.1, 0.15) is 4.88 Å². The monoisotopic (exact) mass is 291 g/mol. The predicted molar refractivity (Wildman–Crippen MR) is 73.6 cm³/mol. The van der Waals surface area contributed by atoms with Crippen molar-refractivity contribution in [3.63, 3.8) is 0 Å². The quantitative estimate of drug-likeness (QED) is 0.874. The Labute approximate surface area is 119 Å². The Morgan fingerprint density at radius 2 is 2.05 bits per heavy atom. The number of hydrogen-bond donors (Lipinski definition) is 2. The lowest BCUT2D eigenvalue weighted by Crippen LogP contribution is -2.33. The molecule has 2 rings (SSSR count). The molecule has 2 aromatic rings. The van der Waals surface area contributed by atoms with Gasteiger partial charge in [-0.1, -0.05) is 41.7 Å². The minimum atomic E-state index is -1.11. The van der Waals surface area contributed by atoms with E-state index < -0.39 is 17.9 Å². The topological polar surface area (TPSA) is 92.2 Å². The molecular weight excluding hydrogens is 278 g/mol. The number of amides is 1. The van der Waals surface area contributed by atoms with Gasteiger partial charge in [-0.3, -0.25) is 4.79 Å². The lowest BCUT2D eigenvalue weighted by Gasteiger charge is -2.14. The summed E-state index contributed by atoms with van der Waals surface area (Å²) >= 11 is 0.965. The van der Waals surface area contributed by atoms with Crippen LogP contribution in [0, 0.1) is 0 Å². The number of carbonyl (C=O) groups is 2. The van der Waals surface area contributed by atoms with Gasteiger partial charge in [-0.25, -0.2) is 4.79 Å². The van der Waals surface area contributed by atoms with Crippen molar-refractivity contribution in [2.24, 2.45) is 0 Å².